The Hall–Kier alpha value is -1.15. The van der Waals surface area contributed by atoms with Gasteiger partial charge in [0, 0.05) is 11.1 Å². The van der Waals surface area contributed by atoms with Crippen molar-refractivity contribution in [1.82, 2.24) is 0 Å². The van der Waals surface area contributed by atoms with Gasteiger partial charge in [-0.05, 0) is 0 Å². The number of alkyl halides is 1. The smallest absolute Gasteiger partial charge is 0.178 e. The van der Waals surface area contributed by atoms with E-state index in [1.54, 1.807) is 24.3 Å². The van der Waals surface area contributed by atoms with Crippen LogP contribution in [-0.4, -0.2) is 17.9 Å². The molecule has 0 saturated heterocycles. The maximum Gasteiger partial charge on any atom is 0.178 e. The fourth-order valence-corrected chi connectivity index (χ4v) is 1.07. The van der Waals surface area contributed by atoms with Crippen LogP contribution in [0, 0.1) is 0 Å². The van der Waals surface area contributed by atoms with Gasteiger partial charge in [-0.25, -0.2) is 0 Å². The Balaban J connectivity index is 3.13. The van der Waals surface area contributed by atoms with Crippen LogP contribution in [0.15, 0.2) is 24.3 Å². The Morgan fingerprint density at radius 2 is 2.08 bits per heavy atom. The zero-order valence-electron chi connectivity index (χ0n) is 6.29. The molecule has 0 heterocycles. The first-order valence-electron chi connectivity index (χ1n) is 3.43. The van der Waals surface area contributed by atoms with Gasteiger partial charge in [0.15, 0.2) is 12.1 Å². The Bertz CT molecular complexity index is 307. The highest BCUT2D eigenvalue weighted by molar-refractivity contribution is 6.31. The molecule has 1 aromatic rings. The highest BCUT2D eigenvalue weighted by atomic mass is 35.5. The molecule has 0 spiro atoms. The summed E-state index contributed by atoms with van der Waals surface area (Å²) in [5.74, 6) is -0.315. The van der Waals surface area contributed by atoms with Crippen molar-refractivity contribution >= 4 is 23.7 Å². The number of halogens is 1. The normalized spacial score (nSPS) is 9.42. The van der Waals surface area contributed by atoms with Gasteiger partial charge in [0.2, 0.25) is 0 Å². The van der Waals surface area contributed by atoms with Gasteiger partial charge in [-0.2, -0.15) is 0 Å². The summed E-state index contributed by atoms with van der Waals surface area (Å²) in [5.41, 5.74) is 0.783. The third-order valence-corrected chi connectivity index (χ3v) is 1.75. The minimum absolute atomic E-state index is 0.0924. The first-order valence-corrected chi connectivity index (χ1v) is 3.96. The minimum atomic E-state index is -0.223. The summed E-state index contributed by atoms with van der Waals surface area (Å²) in [7, 11) is 0. The summed E-state index contributed by atoms with van der Waals surface area (Å²) in [5, 5.41) is 0. The molecule has 0 fully saturated rings. The fourth-order valence-electron chi connectivity index (χ4n) is 0.926. The number of aldehydes is 1. The van der Waals surface area contributed by atoms with Crippen LogP contribution in [0.5, 0.6) is 0 Å². The van der Waals surface area contributed by atoms with Crippen LogP contribution < -0.4 is 0 Å². The Labute approximate surface area is 75.2 Å². The zero-order chi connectivity index (χ0) is 8.97. The van der Waals surface area contributed by atoms with Crippen molar-refractivity contribution in [2.24, 2.45) is 0 Å². The van der Waals surface area contributed by atoms with Crippen LogP contribution in [0.2, 0.25) is 0 Å². The number of Topliss-reactive ketones (excluding diaryl/α,β-unsaturated/α-hetero) is 1. The maximum absolute atomic E-state index is 11.1. The van der Waals surface area contributed by atoms with E-state index in [1.807, 2.05) is 0 Å². The number of ketones is 1. The Morgan fingerprint density at radius 1 is 1.42 bits per heavy atom. The van der Waals surface area contributed by atoms with Gasteiger partial charge >= 0.3 is 0 Å². The second kappa shape index (κ2) is 4.02. The zero-order valence-corrected chi connectivity index (χ0v) is 7.04. The first-order chi connectivity index (χ1) is 5.79. The predicted molar refractivity (Wildman–Crippen MR) is 46.9 cm³/mol. The fraction of sp³-hybridized carbons (Fsp3) is 0.111. The molecule has 1 aromatic carbocycles. The highest BCUT2D eigenvalue weighted by Gasteiger charge is 2.07. The van der Waals surface area contributed by atoms with E-state index in [-0.39, 0.29) is 11.7 Å². The van der Waals surface area contributed by atoms with Gasteiger partial charge in [-0.15, -0.1) is 11.6 Å². The van der Waals surface area contributed by atoms with Crippen LogP contribution in [0.3, 0.4) is 0 Å². The van der Waals surface area contributed by atoms with E-state index in [1.165, 1.54) is 0 Å². The van der Waals surface area contributed by atoms with Gasteiger partial charge in [0.1, 0.15) is 0 Å². The monoisotopic (exact) mass is 182 g/mol. The molecule has 0 N–H and O–H groups in total. The molecule has 0 aromatic heterocycles. The van der Waals surface area contributed by atoms with Crippen molar-refractivity contribution in [2.45, 2.75) is 0 Å². The van der Waals surface area contributed by atoms with Gasteiger partial charge in [0.25, 0.3) is 0 Å². The molecule has 0 saturated carbocycles. The molecule has 12 heavy (non-hydrogen) atoms. The quantitative estimate of drug-likeness (QED) is 0.407. The van der Waals surface area contributed by atoms with E-state index in [0.717, 1.165) is 0 Å². The standard InChI is InChI=1S/C9H7ClO2/c10-5-9(12)8-4-2-1-3-7(8)6-11/h1-4,6H,5H2. The molecule has 0 aliphatic carbocycles. The minimum Gasteiger partial charge on any atom is -0.298 e. The van der Waals surface area contributed by atoms with E-state index < -0.39 is 0 Å². The topological polar surface area (TPSA) is 34.1 Å². The molecule has 62 valence electrons. The van der Waals surface area contributed by atoms with Crippen LogP contribution in [-0.2, 0) is 0 Å². The molecule has 0 atom stereocenters. The van der Waals surface area contributed by atoms with Crippen LogP contribution >= 0.6 is 11.6 Å². The number of carbonyl (C=O) groups excluding carboxylic acids is 2. The maximum atomic E-state index is 11.1. The summed E-state index contributed by atoms with van der Waals surface area (Å²) >= 11 is 5.35. The van der Waals surface area contributed by atoms with E-state index in [0.29, 0.717) is 17.4 Å². The lowest BCUT2D eigenvalue weighted by atomic mass is 10.1. The van der Waals surface area contributed by atoms with Crippen molar-refractivity contribution < 1.29 is 9.59 Å². The van der Waals surface area contributed by atoms with Crippen molar-refractivity contribution in [3.8, 4) is 0 Å². The summed E-state index contributed by atoms with van der Waals surface area (Å²) in [6.45, 7) is 0. The number of rotatable bonds is 3. The lowest BCUT2D eigenvalue weighted by Crippen LogP contribution is -2.03. The average Bonchev–Trinajstić information content (AvgIpc) is 2.16. The third kappa shape index (κ3) is 1.71. The summed E-state index contributed by atoms with van der Waals surface area (Å²) < 4.78 is 0. The number of hydrogen-bond donors (Lipinski definition) is 0. The summed E-state index contributed by atoms with van der Waals surface area (Å²) in [6, 6.07) is 6.59. The molecule has 0 amide bonds. The average molecular weight is 183 g/mol. The van der Waals surface area contributed by atoms with Crippen molar-refractivity contribution in [1.29, 1.82) is 0 Å². The van der Waals surface area contributed by atoms with E-state index in [2.05, 4.69) is 0 Å². The molecular weight excluding hydrogens is 176 g/mol. The third-order valence-electron chi connectivity index (χ3n) is 1.51. The van der Waals surface area contributed by atoms with Crippen molar-refractivity contribution in [3.05, 3.63) is 35.4 Å². The van der Waals surface area contributed by atoms with Gasteiger partial charge in [-0.3, -0.25) is 9.59 Å². The first kappa shape index (κ1) is 8.94. The molecule has 0 radical (unpaired) electrons. The second-order valence-corrected chi connectivity index (χ2v) is 2.53. The van der Waals surface area contributed by atoms with Crippen LogP contribution in [0.25, 0.3) is 0 Å². The second-order valence-electron chi connectivity index (χ2n) is 2.26. The Kier molecular flexibility index (Phi) is 3.00. The SMILES string of the molecule is O=Cc1ccccc1C(=O)CCl. The summed E-state index contributed by atoms with van der Waals surface area (Å²) in [4.78, 5) is 21.6. The lowest BCUT2D eigenvalue weighted by molar-refractivity contribution is 0.101. The van der Waals surface area contributed by atoms with Gasteiger partial charge in [0.05, 0.1) is 5.88 Å². The predicted octanol–water partition coefficient (Wildman–Crippen LogP) is 1.92. The summed E-state index contributed by atoms with van der Waals surface area (Å²) in [6.07, 6.45) is 0.653. The lowest BCUT2D eigenvalue weighted by Gasteiger charge is -1.98. The highest BCUT2D eigenvalue weighted by Crippen LogP contribution is 2.07. The molecule has 2 nitrogen and oxygen atoms in total. The molecule has 3 heteroatoms. The van der Waals surface area contributed by atoms with Gasteiger partial charge < -0.3 is 0 Å². The number of benzene rings is 1. The molecular formula is C9H7ClO2. The van der Waals surface area contributed by atoms with Gasteiger partial charge in [-0.1, -0.05) is 24.3 Å². The Morgan fingerprint density at radius 3 is 2.67 bits per heavy atom. The van der Waals surface area contributed by atoms with E-state index >= 15 is 0 Å². The molecule has 0 unspecified atom stereocenters. The largest absolute Gasteiger partial charge is 0.298 e. The van der Waals surface area contributed by atoms with Crippen molar-refractivity contribution in [2.75, 3.05) is 5.88 Å². The molecule has 0 aliphatic heterocycles. The van der Waals surface area contributed by atoms with Crippen molar-refractivity contribution in [3.63, 3.8) is 0 Å². The molecule has 1 rings (SSSR count). The molecule has 0 bridgehead atoms. The van der Waals surface area contributed by atoms with E-state index in [4.69, 9.17) is 11.6 Å². The van der Waals surface area contributed by atoms with Crippen LogP contribution in [0.4, 0.5) is 0 Å². The number of carbonyl (C=O) groups is 2. The number of hydrogen-bond acceptors (Lipinski definition) is 2. The van der Waals surface area contributed by atoms with E-state index in [9.17, 15) is 9.59 Å². The van der Waals surface area contributed by atoms with Crippen LogP contribution in [0.1, 0.15) is 20.7 Å². The molecule has 0 aliphatic rings.